The average Bonchev–Trinajstić information content (AvgIpc) is 2.70. The lowest BCUT2D eigenvalue weighted by Gasteiger charge is -2.11. The Morgan fingerprint density at radius 1 is 0.964 bits per heavy atom. The average molecular weight is 374 g/mol. The second kappa shape index (κ2) is 7.12. The lowest BCUT2D eigenvalue weighted by molar-refractivity contribution is 0.304. The smallest absolute Gasteiger partial charge is 0.199 e. The molecule has 0 saturated carbocycles. The molecule has 140 valence electrons. The highest BCUT2D eigenvalue weighted by Crippen LogP contribution is 2.33. The Balaban J connectivity index is 1.78. The van der Waals surface area contributed by atoms with Gasteiger partial charge in [0, 0.05) is 23.3 Å². The van der Waals surface area contributed by atoms with E-state index < -0.39 is 0 Å². The number of hydrogen-bond donors (Lipinski definition) is 2. The summed E-state index contributed by atoms with van der Waals surface area (Å²) in [6.45, 7) is 1.97. The zero-order chi connectivity index (χ0) is 19.7. The van der Waals surface area contributed by atoms with Crippen molar-refractivity contribution in [2.75, 3.05) is 0 Å². The number of ether oxygens (including phenoxy) is 1. The van der Waals surface area contributed by atoms with Crippen molar-refractivity contribution in [1.82, 2.24) is 0 Å². The molecule has 0 unspecified atom stereocenters. The topological polar surface area (TPSA) is 79.9 Å². The van der Waals surface area contributed by atoms with Gasteiger partial charge in [-0.3, -0.25) is 4.79 Å². The summed E-state index contributed by atoms with van der Waals surface area (Å²) in [5.41, 5.74) is 1.95. The van der Waals surface area contributed by atoms with Gasteiger partial charge in [-0.2, -0.15) is 0 Å². The summed E-state index contributed by atoms with van der Waals surface area (Å²) in [4.78, 5) is 12.8. The Morgan fingerprint density at radius 2 is 1.68 bits per heavy atom. The van der Waals surface area contributed by atoms with Gasteiger partial charge in [0.25, 0.3) is 0 Å². The molecule has 0 fully saturated rings. The Labute approximate surface area is 161 Å². The quantitative estimate of drug-likeness (QED) is 0.538. The summed E-state index contributed by atoms with van der Waals surface area (Å²) in [6.07, 6.45) is 0. The summed E-state index contributed by atoms with van der Waals surface area (Å²) < 4.78 is 11.7. The maximum Gasteiger partial charge on any atom is 0.199 e. The van der Waals surface area contributed by atoms with E-state index in [1.165, 1.54) is 18.2 Å². The van der Waals surface area contributed by atoms with E-state index in [1.807, 2.05) is 30.3 Å². The molecule has 0 amide bonds. The van der Waals surface area contributed by atoms with Crippen LogP contribution in [-0.4, -0.2) is 10.2 Å². The van der Waals surface area contributed by atoms with Crippen molar-refractivity contribution >= 4 is 11.0 Å². The molecular weight excluding hydrogens is 356 g/mol. The van der Waals surface area contributed by atoms with Crippen LogP contribution in [0.5, 0.6) is 17.2 Å². The van der Waals surface area contributed by atoms with E-state index in [1.54, 1.807) is 25.1 Å². The highest BCUT2D eigenvalue weighted by atomic mass is 16.5. The molecule has 0 bridgehead atoms. The molecule has 1 aromatic heterocycles. The summed E-state index contributed by atoms with van der Waals surface area (Å²) in [7, 11) is 0. The molecule has 28 heavy (non-hydrogen) atoms. The van der Waals surface area contributed by atoms with Crippen LogP contribution in [0.4, 0.5) is 0 Å². The Morgan fingerprint density at radius 3 is 2.39 bits per heavy atom. The Hall–Kier alpha value is -3.73. The molecule has 0 saturated heterocycles. The van der Waals surface area contributed by atoms with Gasteiger partial charge in [-0.05, 0) is 36.8 Å². The number of rotatable bonds is 4. The van der Waals surface area contributed by atoms with Crippen LogP contribution in [-0.2, 0) is 6.61 Å². The fourth-order valence-electron chi connectivity index (χ4n) is 3.07. The first kappa shape index (κ1) is 17.7. The molecule has 2 N–H and O–H groups in total. The highest BCUT2D eigenvalue weighted by Gasteiger charge is 2.17. The minimum Gasteiger partial charge on any atom is -0.508 e. The van der Waals surface area contributed by atoms with Gasteiger partial charge in [0.15, 0.2) is 5.43 Å². The van der Waals surface area contributed by atoms with Crippen molar-refractivity contribution in [2.45, 2.75) is 13.5 Å². The first-order valence-corrected chi connectivity index (χ1v) is 8.79. The van der Waals surface area contributed by atoms with Gasteiger partial charge < -0.3 is 19.4 Å². The van der Waals surface area contributed by atoms with Crippen LogP contribution in [0, 0.1) is 6.92 Å². The van der Waals surface area contributed by atoms with Crippen molar-refractivity contribution in [3.05, 3.63) is 88.1 Å². The summed E-state index contributed by atoms with van der Waals surface area (Å²) in [6, 6.07) is 19.0. The number of phenolic OH excluding ortho intramolecular Hbond substituents is 2. The van der Waals surface area contributed by atoms with Crippen LogP contribution < -0.4 is 10.2 Å². The fraction of sp³-hybridized carbons (Fsp3) is 0.0870. The van der Waals surface area contributed by atoms with Gasteiger partial charge in [0.2, 0.25) is 0 Å². The minimum absolute atomic E-state index is 0.118. The summed E-state index contributed by atoms with van der Waals surface area (Å²) in [5, 5.41) is 20.0. The van der Waals surface area contributed by atoms with Crippen LogP contribution >= 0.6 is 0 Å². The standard InChI is InChI=1S/C23H18O5/c1-14-22(26)21-19(25)11-18(27-13-15-5-3-2-4-6-15)12-20(21)28-23(14)16-7-9-17(24)10-8-16/h2-12,24-25H,13H2,1H3. The molecule has 0 aliphatic heterocycles. The molecule has 0 atom stereocenters. The van der Waals surface area contributed by atoms with Gasteiger partial charge >= 0.3 is 0 Å². The van der Waals surface area contributed by atoms with Crippen molar-refractivity contribution in [1.29, 1.82) is 0 Å². The number of benzene rings is 3. The second-order valence-corrected chi connectivity index (χ2v) is 6.52. The minimum atomic E-state index is -0.309. The van der Waals surface area contributed by atoms with Gasteiger partial charge in [0.1, 0.15) is 40.6 Å². The number of fused-ring (bicyclic) bond motifs is 1. The Kier molecular flexibility index (Phi) is 4.49. The SMILES string of the molecule is Cc1c(-c2ccc(O)cc2)oc2cc(OCc3ccccc3)cc(O)c2c1=O. The zero-order valence-electron chi connectivity index (χ0n) is 15.2. The van der Waals surface area contributed by atoms with Crippen molar-refractivity contribution in [2.24, 2.45) is 0 Å². The first-order valence-electron chi connectivity index (χ1n) is 8.79. The van der Waals surface area contributed by atoms with E-state index in [0.29, 0.717) is 29.2 Å². The molecule has 1 heterocycles. The number of aromatic hydroxyl groups is 2. The lowest BCUT2D eigenvalue weighted by Crippen LogP contribution is -2.08. The lowest BCUT2D eigenvalue weighted by atomic mass is 10.1. The Bertz CT molecular complexity index is 1190. The van der Waals surface area contributed by atoms with Gasteiger partial charge in [-0.15, -0.1) is 0 Å². The summed E-state index contributed by atoms with van der Waals surface area (Å²) in [5.74, 6) is 0.725. The molecule has 3 aromatic carbocycles. The van der Waals surface area contributed by atoms with Crippen molar-refractivity contribution in [3.63, 3.8) is 0 Å². The molecule has 4 rings (SSSR count). The van der Waals surface area contributed by atoms with E-state index in [9.17, 15) is 15.0 Å². The van der Waals surface area contributed by atoms with Gasteiger partial charge in [-0.25, -0.2) is 0 Å². The molecule has 0 radical (unpaired) electrons. The molecule has 5 nitrogen and oxygen atoms in total. The molecule has 0 spiro atoms. The molecule has 0 aliphatic rings. The maximum atomic E-state index is 12.8. The van der Waals surface area contributed by atoms with E-state index in [0.717, 1.165) is 5.56 Å². The monoisotopic (exact) mass is 374 g/mol. The maximum absolute atomic E-state index is 12.8. The van der Waals surface area contributed by atoms with Crippen LogP contribution in [0.25, 0.3) is 22.3 Å². The fourth-order valence-corrected chi connectivity index (χ4v) is 3.07. The predicted molar refractivity (Wildman–Crippen MR) is 107 cm³/mol. The van der Waals surface area contributed by atoms with Crippen LogP contribution in [0.1, 0.15) is 11.1 Å². The summed E-state index contributed by atoms with van der Waals surface area (Å²) >= 11 is 0. The van der Waals surface area contributed by atoms with Crippen molar-refractivity contribution in [3.8, 4) is 28.6 Å². The largest absolute Gasteiger partial charge is 0.508 e. The molecule has 4 aromatic rings. The van der Waals surface area contributed by atoms with Gasteiger partial charge in [-0.1, -0.05) is 30.3 Å². The second-order valence-electron chi connectivity index (χ2n) is 6.52. The number of phenols is 2. The van der Waals surface area contributed by atoms with E-state index in [-0.39, 0.29) is 27.9 Å². The predicted octanol–water partition coefficient (Wildman–Crippen LogP) is 4.76. The zero-order valence-corrected chi connectivity index (χ0v) is 15.2. The normalized spacial score (nSPS) is 10.9. The van der Waals surface area contributed by atoms with Crippen LogP contribution in [0.3, 0.4) is 0 Å². The molecule has 5 heteroatoms. The third kappa shape index (κ3) is 3.30. The van der Waals surface area contributed by atoms with Gasteiger partial charge in [0.05, 0.1) is 0 Å². The van der Waals surface area contributed by atoms with E-state index >= 15 is 0 Å². The number of hydrogen-bond acceptors (Lipinski definition) is 5. The van der Waals surface area contributed by atoms with Crippen LogP contribution in [0.15, 0.2) is 75.9 Å². The van der Waals surface area contributed by atoms with E-state index in [4.69, 9.17) is 9.15 Å². The highest BCUT2D eigenvalue weighted by molar-refractivity contribution is 5.87. The molecular formula is C23H18O5. The van der Waals surface area contributed by atoms with Crippen LogP contribution in [0.2, 0.25) is 0 Å². The third-order valence-corrected chi connectivity index (χ3v) is 4.55. The van der Waals surface area contributed by atoms with E-state index in [2.05, 4.69) is 0 Å². The molecule has 0 aliphatic carbocycles. The van der Waals surface area contributed by atoms with Crippen molar-refractivity contribution < 1.29 is 19.4 Å². The first-order chi connectivity index (χ1) is 13.5. The third-order valence-electron chi connectivity index (χ3n) is 4.55.